The number of nitrogens with zero attached hydrogens (tertiary/aromatic N) is 1. The van der Waals surface area contributed by atoms with Crippen molar-refractivity contribution < 1.29 is 12.6 Å². The second-order valence-corrected chi connectivity index (χ2v) is 9.70. The molecule has 8 nitrogen and oxygen atoms in total. The van der Waals surface area contributed by atoms with Gasteiger partial charge in [-0.1, -0.05) is 24.3 Å². The number of aryl methyl sites for hydroxylation is 1. The van der Waals surface area contributed by atoms with Crippen LogP contribution in [0, 0.1) is 11.3 Å². The average Bonchev–Trinajstić information content (AvgIpc) is 3.45. The first-order valence-corrected chi connectivity index (χ1v) is 12.3. The lowest BCUT2D eigenvalue weighted by Crippen LogP contribution is -2.27. The van der Waals surface area contributed by atoms with Crippen LogP contribution in [0.5, 0.6) is 0 Å². The van der Waals surface area contributed by atoms with Crippen LogP contribution in [0.15, 0.2) is 36.5 Å². The van der Waals surface area contributed by atoms with Gasteiger partial charge in [0.2, 0.25) is 0 Å². The molecule has 0 spiro atoms. The molecule has 1 saturated carbocycles. The highest BCUT2D eigenvalue weighted by molar-refractivity contribution is 7.84. The molecule has 3 atom stereocenters. The van der Waals surface area contributed by atoms with Gasteiger partial charge in [-0.3, -0.25) is 9.59 Å². The Labute approximate surface area is 183 Å². The number of hydrogen-bond acceptors (Lipinski definition) is 5. The molecule has 2 aromatic rings. The maximum atomic E-state index is 10.9. The minimum absolute atomic E-state index is 0.128. The van der Waals surface area contributed by atoms with Crippen LogP contribution in [-0.4, -0.2) is 32.5 Å². The fourth-order valence-corrected chi connectivity index (χ4v) is 5.40. The van der Waals surface area contributed by atoms with Crippen LogP contribution in [0.3, 0.4) is 0 Å². The maximum Gasteiger partial charge on any atom is 0.333 e. The molecule has 0 amide bonds. The summed E-state index contributed by atoms with van der Waals surface area (Å²) in [6.07, 6.45) is 7.75. The quantitative estimate of drug-likeness (QED) is 0.367. The van der Waals surface area contributed by atoms with E-state index >= 15 is 0 Å². The highest BCUT2D eigenvalue weighted by atomic mass is 32.2. The maximum absolute atomic E-state index is 10.9. The summed E-state index contributed by atoms with van der Waals surface area (Å²) < 4.78 is 28.8. The zero-order chi connectivity index (χ0) is 22.0. The molecule has 0 unspecified atom stereocenters. The van der Waals surface area contributed by atoms with Crippen molar-refractivity contribution in [2.75, 3.05) is 19.0 Å². The van der Waals surface area contributed by atoms with Gasteiger partial charge in [0.25, 0.3) is 0 Å². The van der Waals surface area contributed by atoms with Gasteiger partial charge in [0.1, 0.15) is 11.7 Å². The van der Waals surface area contributed by atoms with Gasteiger partial charge in [-0.25, -0.2) is 5.14 Å². The van der Waals surface area contributed by atoms with Crippen molar-refractivity contribution in [2.45, 2.75) is 50.6 Å². The molecule has 9 heteroatoms. The topological polar surface area (TPSA) is 122 Å². The van der Waals surface area contributed by atoms with Crippen molar-refractivity contribution in [3.8, 4) is 0 Å². The van der Waals surface area contributed by atoms with E-state index < -0.39 is 10.3 Å². The molecule has 5 N–H and O–H groups in total. The number of aromatic nitrogens is 1. The number of nitrogens with two attached hydrogens (primary N) is 1. The van der Waals surface area contributed by atoms with Gasteiger partial charge in [0.05, 0.1) is 18.2 Å². The van der Waals surface area contributed by atoms with Crippen LogP contribution < -0.4 is 15.8 Å². The van der Waals surface area contributed by atoms with E-state index in [2.05, 4.69) is 39.5 Å². The van der Waals surface area contributed by atoms with Gasteiger partial charge in [0.15, 0.2) is 0 Å². The SMILES string of the molecule is CNc1c(C(=N)N[C@H]2CCc3ccccc32)ccn1[C@H]1CC[C@H](CCOS(N)(=O)=O)C1. The van der Waals surface area contributed by atoms with Crippen molar-refractivity contribution in [1.29, 1.82) is 5.41 Å². The highest BCUT2D eigenvalue weighted by Gasteiger charge is 2.29. The number of amidine groups is 1. The van der Waals surface area contributed by atoms with Crippen LogP contribution in [0.25, 0.3) is 0 Å². The molecule has 31 heavy (non-hydrogen) atoms. The van der Waals surface area contributed by atoms with Crippen LogP contribution in [0.1, 0.15) is 60.9 Å². The van der Waals surface area contributed by atoms with Crippen LogP contribution >= 0.6 is 0 Å². The molecule has 1 heterocycles. The molecule has 2 aliphatic rings. The fraction of sp³-hybridized carbons (Fsp3) is 0.500. The zero-order valence-corrected chi connectivity index (χ0v) is 18.6. The smallest absolute Gasteiger partial charge is 0.333 e. The lowest BCUT2D eigenvalue weighted by atomic mass is 10.0. The Bertz CT molecular complexity index is 1050. The third kappa shape index (κ3) is 4.94. The van der Waals surface area contributed by atoms with E-state index in [1.165, 1.54) is 11.1 Å². The Morgan fingerprint density at radius 2 is 2.06 bits per heavy atom. The Morgan fingerprint density at radius 1 is 1.26 bits per heavy atom. The van der Waals surface area contributed by atoms with Gasteiger partial charge in [-0.2, -0.15) is 8.42 Å². The van der Waals surface area contributed by atoms with Crippen molar-refractivity contribution in [3.05, 3.63) is 53.2 Å². The summed E-state index contributed by atoms with van der Waals surface area (Å²) in [5.41, 5.74) is 3.52. The lowest BCUT2D eigenvalue weighted by Gasteiger charge is -2.20. The van der Waals surface area contributed by atoms with E-state index in [1.54, 1.807) is 0 Å². The summed E-state index contributed by atoms with van der Waals surface area (Å²) >= 11 is 0. The van der Waals surface area contributed by atoms with Crippen LogP contribution in [-0.2, 0) is 20.9 Å². The third-order valence-corrected chi connectivity index (χ3v) is 7.05. The molecule has 1 aromatic carbocycles. The normalized spacial score (nSPS) is 23.0. The molecular weight excluding hydrogens is 414 g/mol. The molecule has 168 valence electrons. The van der Waals surface area contributed by atoms with E-state index in [9.17, 15) is 8.42 Å². The standard InChI is InChI=1S/C22H31N5O3S/c1-25-22-19(21(23)26-20-9-7-16-4-2-3-5-18(16)20)10-12-27(22)17-8-6-15(14-17)11-13-30-31(24,28)29/h2-5,10,12,15,17,20,25H,6-9,11,13-14H2,1H3,(H2,23,26)(H2,24,28,29)/t15-,17+,20+/m1/s1. The third-order valence-electron chi connectivity index (χ3n) is 6.55. The second kappa shape index (κ2) is 9.02. The lowest BCUT2D eigenvalue weighted by molar-refractivity contribution is 0.280. The van der Waals surface area contributed by atoms with Crippen molar-refractivity contribution in [1.82, 2.24) is 9.88 Å². The number of benzene rings is 1. The van der Waals surface area contributed by atoms with Gasteiger partial charge in [-0.15, -0.1) is 0 Å². The molecule has 2 aliphatic carbocycles. The Morgan fingerprint density at radius 3 is 2.84 bits per heavy atom. The Hall–Kier alpha value is -2.36. The molecule has 0 aliphatic heterocycles. The summed E-state index contributed by atoms with van der Waals surface area (Å²) in [6, 6.07) is 10.9. The molecule has 4 rings (SSSR count). The summed E-state index contributed by atoms with van der Waals surface area (Å²) in [5, 5.41) is 20.3. The summed E-state index contributed by atoms with van der Waals surface area (Å²) in [5.74, 6) is 1.77. The first-order valence-electron chi connectivity index (χ1n) is 10.8. The van der Waals surface area contributed by atoms with Gasteiger partial charge < -0.3 is 15.2 Å². The molecule has 0 radical (unpaired) electrons. The highest BCUT2D eigenvalue weighted by Crippen LogP contribution is 2.39. The molecule has 1 aromatic heterocycles. The number of hydrogen-bond donors (Lipinski definition) is 4. The van der Waals surface area contributed by atoms with Crippen LogP contribution in [0.4, 0.5) is 5.82 Å². The van der Waals surface area contributed by atoms with Crippen molar-refractivity contribution in [2.24, 2.45) is 11.1 Å². The zero-order valence-electron chi connectivity index (χ0n) is 17.8. The monoisotopic (exact) mass is 445 g/mol. The summed E-state index contributed by atoms with van der Waals surface area (Å²) in [6.45, 7) is 0.128. The van der Waals surface area contributed by atoms with Crippen LogP contribution in [0.2, 0.25) is 0 Å². The minimum atomic E-state index is -3.87. The van der Waals surface area contributed by atoms with Crippen molar-refractivity contribution >= 4 is 22.0 Å². The number of nitrogens with one attached hydrogen (secondary N) is 3. The summed E-state index contributed by atoms with van der Waals surface area (Å²) in [4.78, 5) is 0. The number of rotatable bonds is 8. The van der Waals surface area contributed by atoms with Crippen molar-refractivity contribution in [3.63, 3.8) is 0 Å². The van der Waals surface area contributed by atoms with E-state index in [0.717, 1.165) is 43.5 Å². The molecule has 1 fully saturated rings. The van der Waals surface area contributed by atoms with E-state index in [4.69, 9.17) is 14.7 Å². The van der Waals surface area contributed by atoms with E-state index in [-0.39, 0.29) is 12.6 Å². The second-order valence-electron chi connectivity index (χ2n) is 8.48. The average molecular weight is 446 g/mol. The minimum Gasteiger partial charge on any atom is -0.374 e. The number of fused-ring (bicyclic) bond motifs is 1. The first kappa shape index (κ1) is 21.9. The van der Waals surface area contributed by atoms with E-state index in [0.29, 0.717) is 24.2 Å². The first-order chi connectivity index (χ1) is 14.9. The summed E-state index contributed by atoms with van der Waals surface area (Å²) in [7, 11) is -1.98. The molecule has 0 bridgehead atoms. The Balaban J connectivity index is 1.40. The number of anilines is 1. The van der Waals surface area contributed by atoms with E-state index in [1.807, 2.05) is 19.3 Å². The van der Waals surface area contributed by atoms with Gasteiger partial charge in [-0.05, 0) is 61.6 Å². The van der Waals surface area contributed by atoms with Gasteiger partial charge >= 0.3 is 10.3 Å². The predicted molar refractivity (Wildman–Crippen MR) is 122 cm³/mol. The molecule has 0 saturated heterocycles. The predicted octanol–water partition coefficient (Wildman–Crippen LogP) is 3.08. The fourth-order valence-electron chi connectivity index (χ4n) is 5.07. The molecular formula is C22H31N5O3S. The Kier molecular flexibility index (Phi) is 6.36. The largest absolute Gasteiger partial charge is 0.374 e. The van der Waals surface area contributed by atoms with Gasteiger partial charge in [0, 0.05) is 19.3 Å².